The second kappa shape index (κ2) is 6.47. The summed E-state index contributed by atoms with van der Waals surface area (Å²) >= 11 is 0. The summed E-state index contributed by atoms with van der Waals surface area (Å²) in [5.41, 5.74) is 0. The Hall–Kier alpha value is -0.530. The molecule has 0 fully saturated rings. The van der Waals surface area contributed by atoms with Crippen LogP contribution in [0, 0.1) is 6.42 Å². The molecule has 2 nitrogen and oxygen atoms in total. The SMILES string of the molecule is CC[CH]C=NOCC. The fourth-order valence-corrected chi connectivity index (χ4v) is 0.266. The number of hydrogen-bond donors (Lipinski definition) is 0. The highest BCUT2D eigenvalue weighted by atomic mass is 16.6. The van der Waals surface area contributed by atoms with E-state index in [0.717, 1.165) is 6.42 Å². The van der Waals surface area contributed by atoms with Crippen molar-refractivity contribution in [3.63, 3.8) is 0 Å². The molecule has 0 aromatic rings. The second-order valence-corrected chi connectivity index (χ2v) is 1.32. The van der Waals surface area contributed by atoms with Crippen molar-refractivity contribution >= 4 is 6.21 Å². The first-order chi connectivity index (χ1) is 3.91. The van der Waals surface area contributed by atoms with Crippen molar-refractivity contribution < 1.29 is 4.84 Å². The van der Waals surface area contributed by atoms with E-state index in [4.69, 9.17) is 0 Å². The van der Waals surface area contributed by atoms with Gasteiger partial charge in [-0.05, 0) is 13.3 Å². The van der Waals surface area contributed by atoms with Gasteiger partial charge in [0.1, 0.15) is 6.61 Å². The normalized spacial score (nSPS) is 10.2. The van der Waals surface area contributed by atoms with E-state index >= 15 is 0 Å². The van der Waals surface area contributed by atoms with Crippen LogP contribution in [0.4, 0.5) is 0 Å². The van der Waals surface area contributed by atoms with Crippen LogP contribution in [-0.2, 0) is 4.84 Å². The van der Waals surface area contributed by atoms with Gasteiger partial charge >= 0.3 is 0 Å². The zero-order chi connectivity index (χ0) is 6.24. The van der Waals surface area contributed by atoms with Gasteiger partial charge in [-0.15, -0.1) is 0 Å². The predicted molar refractivity (Wildman–Crippen MR) is 34.7 cm³/mol. The van der Waals surface area contributed by atoms with E-state index in [1.54, 1.807) is 6.21 Å². The molecule has 2 heteroatoms. The van der Waals surface area contributed by atoms with Crippen molar-refractivity contribution in [3.8, 4) is 0 Å². The molecule has 0 aliphatic rings. The standard InChI is InChI=1S/C6H12NO/c1-3-5-6-7-8-4-2/h5-6H,3-4H2,1-2H3. The summed E-state index contributed by atoms with van der Waals surface area (Å²) < 4.78 is 0. The van der Waals surface area contributed by atoms with Crippen LogP contribution in [0.1, 0.15) is 20.3 Å². The molecule has 0 bridgehead atoms. The van der Waals surface area contributed by atoms with Crippen molar-refractivity contribution in [2.45, 2.75) is 20.3 Å². The van der Waals surface area contributed by atoms with Gasteiger partial charge < -0.3 is 4.84 Å². The second-order valence-electron chi connectivity index (χ2n) is 1.32. The van der Waals surface area contributed by atoms with Crippen molar-refractivity contribution in [1.82, 2.24) is 0 Å². The summed E-state index contributed by atoms with van der Waals surface area (Å²) in [5.74, 6) is 0. The average molecular weight is 114 g/mol. The van der Waals surface area contributed by atoms with Crippen LogP contribution < -0.4 is 0 Å². The van der Waals surface area contributed by atoms with Gasteiger partial charge in [0.05, 0.1) is 0 Å². The molecule has 0 unspecified atom stereocenters. The largest absolute Gasteiger partial charge is 0.396 e. The average Bonchev–Trinajstić information content (AvgIpc) is 1.81. The number of nitrogens with zero attached hydrogens (tertiary/aromatic N) is 1. The minimum atomic E-state index is 0.647. The Bertz CT molecular complexity index is 53.5. The fourth-order valence-electron chi connectivity index (χ4n) is 0.266. The molecule has 0 rings (SSSR count). The summed E-state index contributed by atoms with van der Waals surface area (Å²) in [7, 11) is 0. The molecule has 0 atom stereocenters. The van der Waals surface area contributed by atoms with E-state index in [9.17, 15) is 0 Å². The van der Waals surface area contributed by atoms with Gasteiger partial charge in [0, 0.05) is 12.6 Å². The predicted octanol–water partition coefficient (Wildman–Crippen LogP) is 1.62. The molecule has 0 amide bonds. The highest BCUT2D eigenvalue weighted by Gasteiger charge is 1.72. The van der Waals surface area contributed by atoms with Gasteiger partial charge in [0.15, 0.2) is 0 Å². The van der Waals surface area contributed by atoms with Crippen LogP contribution in [0.3, 0.4) is 0 Å². The minimum absolute atomic E-state index is 0.647. The minimum Gasteiger partial charge on any atom is -0.396 e. The number of rotatable bonds is 4. The van der Waals surface area contributed by atoms with E-state index in [0.29, 0.717) is 6.61 Å². The van der Waals surface area contributed by atoms with Gasteiger partial charge in [-0.2, -0.15) is 0 Å². The van der Waals surface area contributed by atoms with E-state index in [2.05, 4.69) is 16.9 Å². The van der Waals surface area contributed by atoms with Crippen LogP contribution in [0.15, 0.2) is 5.16 Å². The smallest absolute Gasteiger partial charge is 0.114 e. The van der Waals surface area contributed by atoms with E-state index in [1.807, 2.05) is 13.3 Å². The van der Waals surface area contributed by atoms with E-state index in [-0.39, 0.29) is 0 Å². The van der Waals surface area contributed by atoms with Crippen molar-refractivity contribution in [1.29, 1.82) is 0 Å². The summed E-state index contributed by atoms with van der Waals surface area (Å²) in [6.45, 7) is 4.61. The van der Waals surface area contributed by atoms with Crippen LogP contribution in [0.2, 0.25) is 0 Å². The highest BCUT2D eigenvalue weighted by molar-refractivity contribution is 5.66. The van der Waals surface area contributed by atoms with Crippen LogP contribution in [0.25, 0.3) is 0 Å². The zero-order valence-electron chi connectivity index (χ0n) is 5.42. The fraction of sp³-hybridized carbons (Fsp3) is 0.667. The molecule has 0 aliphatic carbocycles. The number of hydrogen-bond acceptors (Lipinski definition) is 2. The lowest BCUT2D eigenvalue weighted by Gasteiger charge is -1.87. The Morgan fingerprint density at radius 3 is 2.75 bits per heavy atom. The first-order valence-electron chi connectivity index (χ1n) is 2.89. The van der Waals surface area contributed by atoms with Crippen LogP contribution in [0.5, 0.6) is 0 Å². The summed E-state index contributed by atoms with van der Waals surface area (Å²) in [5, 5.41) is 3.60. The highest BCUT2D eigenvalue weighted by Crippen LogP contribution is 1.79. The number of unbranched alkanes of at least 4 members (excludes halogenated alkanes) is 1. The molecule has 1 radical (unpaired) electrons. The molecule has 0 aromatic heterocycles. The maximum atomic E-state index is 4.67. The third-order valence-corrected chi connectivity index (χ3v) is 0.606. The van der Waals surface area contributed by atoms with Gasteiger partial charge in [0.25, 0.3) is 0 Å². The first-order valence-corrected chi connectivity index (χ1v) is 2.89. The van der Waals surface area contributed by atoms with Crippen molar-refractivity contribution in [2.24, 2.45) is 5.16 Å². The maximum Gasteiger partial charge on any atom is 0.114 e. The zero-order valence-corrected chi connectivity index (χ0v) is 5.42. The third-order valence-electron chi connectivity index (χ3n) is 0.606. The van der Waals surface area contributed by atoms with Gasteiger partial charge in [0.2, 0.25) is 0 Å². The Morgan fingerprint density at radius 2 is 2.25 bits per heavy atom. The Kier molecular flexibility index (Phi) is 6.04. The van der Waals surface area contributed by atoms with Gasteiger partial charge in [-0.3, -0.25) is 0 Å². The molecule has 0 N–H and O–H groups in total. The van der Waals surface area contributed by atoms with E-state index in [1.165, 1.54) is 0 Å². The Labute approximate surface area is 50.5 Å². The molecule has 0 heterocycles. The molecule has 0 saturated heterocycles. The summed E-state index contributed by atoms with van der Waals surface area (Å²) in [6, 6.07) is 0. The number of oxime groups is 1. The van der Waals surface area contributed by atoms with Crippen LogP contribution in [-0.4, -0.2) is 12.8 Å². The molecule has 0 aromatic carbocycles. The summed E-state index contributed by atoms with van der Waals surface area (Å²) in [6.07, 6.45) is 4.62. The first kappa shape index (κ1) is 7.47. The molecule has 0 aliphatic heterocycles. The molecule has 47 valence electrons. The van der Waals surface area contributed by atoms with Crippen LogP contribution >= 0.6 is 0 Å². The van der Waals surface area contributed by atoms with Crippen molar-refractivity contribution in [3.05, 3.63) is 6.42 Å². The van der Waals surface area contributed by atoms with Gasteiger partial charge in [-0.1, -0.05) is 12.1 Å². The van der Waals surface area contributed by atoms with Gasteiger partial charge in [-0.25, -0.2) is 0 Å². The molecular formula is C6H12NO. The lowest BCUT2D eigenvalue weighted by atomic mass is 10.4. The third kappa shape index (κ3) is 5.47. The molecule has 0 saturated carbocycles. The Balaban J connectivity index is 2.83. The molecule has 8 heavy (non-hydrogen) atoms. The summed E-state index contributed by atoms with van der Waals surface area (Å²) in [4.78, 5) is 4.67. The Morgan fingerprint density at radius 1 is 1.50 bits per heavy atom. The lowest BCUT2D eigenvalue weighted by Crippen LogP contribution is -1.80. The maximum absolute atomic E-state index is 4.67. The molecular weight excluding hydrogens is 102 g/mol. The topological polar surface area (TPSA) is 21.6 Å². The quantitative estimate of drug-likeness (QED) is 0.402. The van der Waals surface area contributed by atoms with E-state index < -0.39 is 0 Å². The lowest BCUT2D eigenvalue weighted by molar-refractivity contribution is 0.160. The van der Waals surface area contributed by atoms with Crippen molar-refractivity contribution in [2.75, 3.05) is 6.61 Å². The molecule has 0 spiro atoms. The monoisotopic (exact) mass is 114 g/mol.